The van der Waals surface area contributed by atoms with Crippen LogP contribution in [0.2, 0.25) is 0 Å². The Morgan fingerprint density at radius 1 is 1.22 bits per heavy atom. The molecule has 2 heteroatoms. The second-order valence-corrected chi connectivity index (χ2v) is 5.35. The van der Waals surface area contributed by atoms with Crippen LogP contribution in [0.5, 0.6) is 5.75 Å². The van der Waals surface area contributed by atoms with Gasteiger partial charge >= 0.3 is 0 Å². The van der Waals surface area contributed by atoms with Crippen LogP contribution in [-0.4, -0.2) is 13.2 Å². The van der Waals surface area contributed by atoms with Crippen molar-refractivity contribution in [2.24, 2.45) is 11.7 Å². The van der Waals surface area contributed by atoms with E-state index in [9.17, 15) is 0 Å². The van der Waals surface area contributed by atoms with Crippen molar-refractivity contribution < 1.29 is 4.74 Å². The zero-order valence-electron chi connectivity index (χ0n) is 12.2. The molecule has 0 amide bonds. The van der Waals surface area contributed by atoms with E-state index in [-0.39, 0.29) is 0 Å². The van der Waals surface area contributed by atoms with E-state index >= 15 is 0 Å². The van der Waals surface area contributed by atoms with Gasteiger partial charge in [-0.15, -0.1) is 0 Å². The molecule has 0 aromatic heterocycles. The molecule has 1 aromatic rings. The molecule has 0 saturated carbocycles. The van der Waals surface area contributed by atoms with Gasteiger partial charge in [-0.3, -0.25) is 0 Å². The first-order valence-corrected chi connectivity index (χ1v) is 7.04. The van der Waals surface area contributed by atoms with Crippen molar-refractivity contribution in [2.45, 2.75) is 46.5 Å². The number of rotatable bonds is 7. The van der Waals surface area contributed by atoms with Crippen LogP contribution in [-0.2, 0) is 6.42 Å². The van der Waals surface area contributed by atoms with Gasteiger partial charge in [0, 0.05) is 0 Å². The highest BCUT2D eigenvalue weighted by atomic mass is 16.5. The molecule has 1 aromatic carbocycles. The van der Waals surface area contributed by atoms with Gasteiger partial charge in [-0.05, 0) is 55.3 Å². The molecule has 0 radical (unpaired) electrons. The van der Waals surface area contributed by atoms with E-state index in [0.29, 0.717) is 11.8 Å². The maximum absolute atomic E-state index is 5.69. The van der Waals surface area contributed by atoms with Crippen molar-refractivity contribution in [1.29, 1.82) is 0 Å². The van der Waals surface area contributed by atoms with Crippen LogP contribution in [0.4, 0.5) is 0 Å². The van der Waals surface area contributed by atoms with E-state index in [4.69, 9.17) is 10.5 Å². The van der Waals surface area contributed by atoms with Crippen molar-refractivity contribution >= 4 is 0 Å². The molecule has 0 aliphatic carbocycles. The predicted octanol–water partition coefficient (Wildman–Crippen LogP) is 3.74. The Bertz CT molecular complexity index is 360. The van der Waals surface area contributed by atoms with Crippen LogP contribution >= 0.6 is 0 Å². The minimum Gasteiger partial charge on any atom is -0.494 e. The lowest BCUT2D eigenvalue weighted by molar-refractivity contribution is 0.335. The average molecular weight is 249 g/mol. The third-order valence-corrected chi connectivity index (χ3v) is 3.24. The molecule has 0 fully saturated rings. The van der Waals surface area contributed by atoms with Gasteiger partial charge in [-0.2, -0.15) is 0 Å². The fourth-order valence-electron chi connectivity index (χ4n) is 2.25. The summed E-state index contributed by atoms with van der Waals surface area (Å²) in [5, 5.41) is 0. The molecular weight excluding hydrogens is 222 g/mol. The van der Waals surface area contributed by atoms with Gasteiger partial charge in [0.15, 0.2) is 0 Å². The normalized spacial score (nSPS) is 12.8. The number of nitrogens with two attached hydrogens (primary N) is 1. The van der Waals surface area contributed by atoms with E-state index in [2.05, 4.69) is 39.0 Å². The third kappa shape index (κ3) is 4.34. The summed E-state index contributed by atoms with van der Waals surface area (Å²) in [5.41, 5.74) is 8.31. The highest BCUT2D eigenvalue weighted by Crippen LogP contribution is 2.28. The van der Waals surface area contributed by atoms with Crippen molar-refractivity contribution in [3.63, 3.8) is 0 Å². The van der Waals surface area contributed by atoms with Gasteiger partial charge in [0.1, 0.15) is 5.75 Å². The zero-order valence-corrected chi connectivity index (χ0v) is 12.2. The van der Waals surface area contributed by atoms with Crippen molar-refractivity contribution in [3.05, 3.63) is 29.3 Å². The largest absolute Gasteiger partial charge is 0.494 e. The maximum atomic E-state index is 5.69. The number of ether oxygens (including phenoxy) is 1. The summed E-state index contributed by atoms with van der Waals surface area (Å²) in [6, 6.07) is 6.59. The lowest BCUT2D eigenvalue weighted by Crippen LogP contribution is -2.08. The fourth-order valence-corrected chi connectivity index (χ4v) is 2.25. The molecule has 2 N–H and O–H groups in total. The number of benzene rings is 1. The van der Waals surface area contributed by atoms with Crippen molar-refractivity contribution in [3.8, 4) is 5.75 Å². The van der Waals surface area contributed by atoms with Crippen molar-refractivity contribution in [2.75, 3.05) is 13.2 Å². The van der Waals surface area contributed by atoms with Gasteiger partial charge in [0.25, 0.3) is 0 Å². The molecule has 1 atom stereocenters. The third-order valence-electron chi connectivity index (χ3n) is 3.24. The highest BCUT2D eigenvalue weighted by molar-refractivity contribution is 5.39. The van der Waals surface area contributed by atoms with Crippen LogP contribution in [0.15, 0.2) is 18.2 Å². The smallest absolute Gasteiger partial charge is 0.122 e. The second kappa shape index (κ2) is 7.42. The molecule has 18 heavy (non-hydrogen) atoms. The molecule has 102 valence electrons. The number of hydrogen-bond acceptors (Lipinski definition) is 2. The summed E-state index contributed by atoms with van der Waals surface area (Å²) in [6.45, 7) is 10.2. The molecule has 0 heterocycles. The molecule has 0 aliphatic rings. The molecular formula is C16H27NO. The summed E-state index contributed by atoms with van der Waals surface area (Å²) < 4.78 is 5.69. The average Bonchev–Trinajstić information content (AvgIpc) is 2.31. The zero-order chi connectivity index (χ0) is 13.5. The van der Waals surface area contributed by atoms with Crippen molar-refractivity contribution in [1.82, 2.24) is 0 Å². The molecule has 0 saturated heterocycles. The fraction of sp³-hybridized carbons (Fsp3) is 0.625. The molecule has 0 bridgehead atoms. The first-order valence-electron chi connectivity index (χ1n) is 7.04. The Hall–Kier alpha value is -1.02. The maximum Gasteiger partial charge on any atom is 0.122 e. The SMILES string of the molecule is CCOc1ccc(CC(C)CCN)cc1C(C)C. The Morgan fingerprint density at radius 2 is 1.94 bits per heavy atom. The first-order chi connectivity index (χ1) is 8.58. The summed E-state index contributed by atoms with van der Waals surface area (Å²) in [4.78, 5) is 0. The standard InChI is InChI=1S/C16H27NO/c1-5-18-16-7-6-14(10-13(4)8-9-17)11-15(16)12(2)3/h6-7,11-13H,5,8-10,17H2,1-4H3. The second-order valence-electron chi connectivity index (χ2n) is 5.35. The summed E-state index contributed by atoms with van der Waals surface area (Å²) in [7, 11) is 0. The predicted molar refractivity (Wildman–Crippen MR) is 78.2 cm³/mol. The van der Waals surface area contributed by atoms with Gasteiger partial charge in [-0.1, -0.05) is 32.9 Å². The Kier molecular flexibility index (Phi) is 6.20. The molecule has 1 unspecified atom stereocenters. The topological polar surface area (TPSA) is 35.2 Å². The Balaban J connectivity index is 2.85. The van der Waals surface area contributed by atoms with E-state index in [1.165, 1.54) is 11.1 Å². The Labute approximate surface area is 112 Å². The minimum absolute atomic E-state index is 0.497. The molecule has 2 nitrogen and oxygen atoms in total. The lowest BCUT2D eigenvalue weighted by Gasteiger charge is -2.16. The monoisotopic (exact) mass is 249 g/mol. The number of hydrogen-bond donors (Lipinski definition) is 1. The lowest BCUT2D eigenvalue weighted by atomic mass is 9.93. The van der Waals surface area contributed by atoms with Gasteiger partial charge in [0.05, 0.1) is 6.61 Å². The van der Waals surface area contributed by atoms with Gasteiger partial charge in [-0.25, -0.2) is 0 Å². The quantitative estimate of drug-likeness (QED) is 0.799. The first kappa shape index (κ1) is 15.0. The van der Waals surface area contributed by atoms with Crippen LogP contribution in [0.3, 0.4) is 0 Å². The van der Waals surface area contributed by atoms with Crippen LogP contribution in [0.1, 0.15) is 51.2 Å². The summed E-state index contributed by atoms with van der Waals surface area (Å²) >= 11 is 0. The summed E-state index contributed by atoms with van der Waals surface area (Å²) in [5.74, 6) is 2.17. The van der Waals surface area contributed by atoms with E-state index in [0.717, 1.165) is 31.7 Å². The van der Waals surface area contributed by atoms with Crippen LogP contribution < -0.4 is 10.5 Å². The Morgan fingerprint density at radius 3 is 2.50 bits per heavy atom. The van der Waals surface area contributed by atoms with Gasteiger partial charge < -0.3 is 10.5 Å². The highest BCUT2D eigenvalue weighted by Gasteiger charge is 2.10. The minimum atomic E-state index is 0.497. The van der Waals surface area contributed by atoms with Crippen LogP contribution in [0.25, 0.3) is 0 Å². The molecule has 0 spiro atoms. The molecule has 1 rings (SSSR count). The summed E-state index contributed by atoms with van der Waals surface area (Å²) in [6.07, 6.45) is 2.19. The van der Waals surface area contributed by atoms with E-state index in [1.54, 1.807) is 0 Å². The van der Waals surface area contributed by atoms with E-state index in [1.807, 2.05) is 6.92 Å². The molecule has 0 aliphatic heterocycles. The van der Waals surface area contributed by atoms with Gasteiger partial charge in [0.2, 0.25) is 0 Å². The van der Waals surface area contributed by atoms with Crippen LogP contribution in [0, 0.1) is 5.92 Å². The van der Waals surface area contributed by atoms with E-state index < -0.39 is 0 Å².